The number of nitrogens with one attached hydrogen (secondary N) is 2. The van der Waals surface area contributed by atoms with Crippen molar-refractivity contribution in [2.45, 2.75) is 63.4 Å². The highest BCUT2D eigenvalue weighted by molar-refractivity contribution is 6.31. The van der Waals surface area contributed by atoms with E-state index in [1.54, 1.807) is 18.2 Å². The van der Waals surface area contributed by atoms with Crippen LogP contribution < -0.4 is 10.9 Å². The van der Waals surface area contributed by atoms with E-state index in [2.05, 4.69) is 10.9 Å². The molecule has 1 fully saturated rings. The molecule has 326 valence electrons. The van der Waals surface area contributed by atoms with E-state index in [-0.39, 0.29) is 32.0 Å². The third-order valence-electron chi connectivity index (χ3n) is 10.8. The zero-order chi connectivity index (χ0) is 43.9. The first-order valence-corrected chi connectivity index (χ1v) is 21.6. The summed E-state index contributed by atoms with van der Waals surface area (Å²) in [6.45, 7) is 1.41. The third-order valence-corrected chi connectivity index (χ3v) is 11.2. The molecule has 0 spiro atoms. The van der Waals surface area contributed by atoms with Crippen LogP contribution in [0.5, 0.6) is 0 Å². The summed E-state index contributed by atoms with van der Waals surface area (Å²) in [6.07, 6.45) is -3.47. The summed E-state index contributed by atoms with van der Waals surface area (Å²) in [5.74, 6) is -0.513. The van der Waals surface area contributed by atoms with Crippen molar-refractivity contribution in [3.05, 3.63) is 226 Å². The topological polar surface area (TPSA) is 117 Å². The van der Waals surface area contributed by atoms with E-state index in [0.717, 1.165) is 27.8 Å². The van der Waals surface area contributed by atoms with Crippen LogP contribution in [-0.2, 0) is 61.3 Å². The van der Waals surface area contributed by atoms with Gasteiger partial charge in [0.25, 0.3) is 0 Å². The van der Waals surface area contributed by atoms with Crippen molar-refractivity contribution in [3.8, 4) is 11.3 Å². The van der Waals surface area contributed by atoms with Crippen molar-refractivity contribution >= 4 is 23.4 Å². The lowest BCUT2D eigenvalue weighted by molar-refractivity contribution is -0.275. The van der Waals surface area contributed by atoms with Gasteiger partial charge in [0.1, 0.15) is 36.3 Å². The summed E-state index contributed by atoms with van der Waals surface area (Å²) in [5.41, 5.74) is 11.0. The summed E-state index contributed by atoms with van der Waals surface area (Å²) in [7, 11) is 0. The molecule has 5 atom stereocenters. The van der Waals surface area contributed by atoms with Crippen molar-refractivity contribution in [2.24, 2.45) is 0 Å². The highest BCUT2D eigenvalue weighted by Gasteiger charge is 2.49. The molecule has 10 nitrogen and oxygen atoms in total. The molecular weight excluding hydrogens is 828 g/mol. The summed E-state index contributed by atoms with van der Waals surface area (Å²) >= 11 is 6.78. The molecule has 2 amide bonds. The Bertz CT molecular complexity index is 2530. The number of amides is 2. The predicted octanol–water partition coefficient (Wildman–Crippen LogP) is 10.0. The number of rotatable bonds is 18. The molecule has 1 aliphatic rings. The zero-order valence-corrected chi connectivity index (χ0v) is 35.8. The lowest BCUT2D eigenvalue weighted by Crippen LogP contribution is -2.58. The number of hydrogen-bond donors (Lipinski definition) is 2. The molecule has 7 aromatic rings. The van der Waals surface area contributed by atoms with Crippen LogP contribution in [0.3, 0.4) is 0 Å². The molecule has 1 aromatic heterocycles. The average Bonchev–Trinajstić information content (AvgIpc) is 3.85. The van der Waals surface area contributed by atoms with Gasteiger partial charge in [-0.05, 0) is 51.6 Å². The van der Waals surface area contributed by atoms with Gasteiger partial charge in [-0.25, -0.2) is 0 Å². The quantitative estimate of drug-likeness (QED) is 0.0819. The molecule has 64 heavy (non-hydrogen) atoms. The Labute approximate surface area is 378 Å². The molecule has 2 N–H and O–H groups in total. The average molecular weight is 877 g/mol. The van der Waals surface area contributed by atoms with Crippen molar-refractivity contribution in [3.63, 3.8) is 0 Å². The van der Waals surface area contributed by atoms with E-state index in [9.17, 15) is 9.59 Å². The maximum Gasteiger partial charge on any atom is 0.305 e. The molecule has 1 saturated heterocycles. The van der Waals surface area contributed by atoms with Crippen LogP contribution in [0.2, 0.25) is 5.02 Å². The maximum absolute atomic E-state index is 13.4. The van der Waals surface area contributed by atoms with E-state index < -0.39 is 42.3 Å². The van der Waals surface area contributed by atoms with Gasteiger partial charge in [0.2, 0.25) is 5.91 Å². The molecule has 0 unspecified atom stereocenters. The molecule has 0 bridgehead atoms. The van der Waals surface area contributed by atoms with Crippen molar-refractivity contribution < 1.29 is 37.7 Å². The summed E-state index contributed by atoms with van der Waals surface area (Å²) in [5, 5.41) is 0.366. The van der Waals surface area contributed by atoms with E-state index in [4.69, 9.17) is 39.7 Å². The normalized spacial score (nSPS) is 18.3. The highest BCUT2D eigenvalue weighted by Crippen LogP contribution is 2.40. The third kappa shape index (κ3) is 12.0. The van der Waals surface area contributed by atoms with Gasteiger partial charge in [-0.1, -0.05) is 175 Å². The van der Waals surface area contributed by atoms with Crippen LogP contribution in [-0.4, -0.2) is 42.8 Å². The first kappa shape index (κ1) is 44.2. The molecule has 0 saturated carbocycles. The standard InChI is InChI=1S/C53H49ClN2O8/c54-44-27-26-42(30-43(44)31-48(57)55-56-53(58)46-29-28-45(63-46)41-24-14-5-15-25-41)49-51(61-34-39-20-10-3-11-21-39)52(62-35-40-22-12-4-13-23-40)50(60-33-38-18-8-2-9-19-38)47(64-49)36-59-32-37-16-6-1-7-17-37/h1-30,47,49-52H,31-36H2,(H,55,57)(H,56,58)/t47-,49+,50-,51+,52+/m1/s1. The molecule has 0 aliphatic carbocycles. The van der Waals surface area contributed by atoms with Crippen LogP contribution in [0.25, 0.3) is 11.3 Å². The van der Waals surface area contributed by atoms with Gasteiger partial charge < -0.3 is 28.1 Å². The van der Waals surface area contributed by atoms with Gasteiger partial charge in [0, 0.05) is 10.6 Å². The molecule has 1 aliphatic heterocycles. The number of carbonyl (C=O) groups excluding carboxylic acids is 2. The number of furan rings is 1. The highest BCUT2D eigenvalue weighted by atomic mass is 35.5. The lowest BCUT2D eigenvalue weighted by Gasteiger charge is -2.46. The minimum Gasteiger partial charge on any atom is -0.451 e. The van der Waals surface area contributed by atoms with E-state index in [1.807, 2.05) is 164 Å². The summed E-state index contributed by atoms with van der Waals surface area (Å²) in [6, 6.07) is 58.0. The molecule has 11 heteroatoms. The number of halogens is 1. The van der Waals surface area contributed by atoms with Crippen molar-refractivity contribution in [1.82, 2.24) is 10.9 Å². The van der Waals surface area contributed by atoms with E-state index in [0.29, 0.717) is 35.1 Å². The Morgan fingerprint density at radius 2 is 1.06 bits per heavy atom. The first-order valence-electron chi connectivity index (χ1n) is 21.2. The van der Waals surface area contributed by atoms with Crippen molar-refractivity contribution in [2.75, 3.05) is 6.61 Å². The number of hydrazine groups is 1. The molecule has 8 rings (SSSR count). The number of ether oxygens (including phenoxy) is 5. The van der Waals surface area contributed by atoms with Gasteiger partial charge in [0.05, 0.1) is 39.5 Å². The SMILES string of the molecule is O=C(Cc1cc([C@@H]2O[C@H](COCc3ccccc3)[C@@H](OCc3ccccc3)[C@H](OCc3ccccc3)[C@H]2OCc2ccccc2)ccc1Cl)NNC(=O)c1ccc(-c2ccccc2)o1. The van der Waals surface area contributed by atoms with E-state index >= 15 is 0 Å². The maximum atomic E-state index is 13.4. The molecular formula is C53H49ClN2O8. The lowest BCUT2D eigenvalue weighted by atomic mass is 9.89. The van der Waals surface area contributed by atoms with Crippen LogP contribution in [0.1, 0.15) is 50.0 Å². The fourth-order valence-electron chi connectivity index (χ4n) is 7.59. The summed E-state index contributed by atoms with van der Waals surface area (Å²) in [4.78, 5) is 26.4. The van der Waals surface area contributed by atoms with Crippen molar-refractivity contribution in [1.29, 1.82) is 0 Å². The number of benzene rings is 6. The van der Waals surface area contributed by atoms with Gasteiger partial charge in [-0.2, -0.15) is 0 Å². The number of carbonyl (C=O) groups is 2. The van der Waals surface area contributed by atoms with Crippen LogP contribution in [0, 0.1) is 0 Å². The Morgan fingerprint density at radius 3 is 1.64 bits per heavy atom. The second kappa shape index (κ2) is 22.3. The van der Waals surface area contributed by atoms with Crippen LogP contribution >= 0.6 is 11.6 Å². The molecule has 0 radical (unpaired) electrons. The minimum atomic E-state index is -0.720. The predicted molar refractivity (Wildman–Crippen MR) is 244 cm³/mol. The van der Waals surface area contributed by atoms with Crippen LogP contribution in [0.15, 0.2) is 186 Å². The van der Waals surface area contributed by atoms with E-state index in [1.165, 1.54) is 0 Å². The fraction of sp³-hybridized carbons (Fsp3) is 0.208. The first-order chi connectivity index (χ1) is 31.5. The Kier molecular flexibility index (Phi) is 15.4. The monoisotopic (exact) mass is 876 g/mol. The second-order valence-corrected chi connectivity index (χ2v) is 15.8. The Balaban J connectivity index is 1.07. The van der Waals surface area contributed by atoms with Gasteiger partial charge in [-0.15, -0.1) is 0 Å². The smallest absolute Gasteiger partial charge is 0.305 e. The summed E-state index contributed by atoms with van der Waals surface area (Å²) < 4.78 is 39.9. The largest absolute Gasteiger partial charge is 0.451 e. The van der Waals surface area contributed by atoms with Gasteiger partial charge in [0.15, 0.2) is 5.76 Å². The molecule has 2 heterocycles. The van der Waals surface area contributed by atoms with Gasteiger partial charge >= 0.3 is 5.91 Å². The minimum absolute atomic E-state index is 0.0487. The Hall–Kier alpha value is -6.37. The van der Waals surface area contributed by atoms with Crippen LogP contribution in [0.4, 0.5) is 0 Å². The number of hydrogen-bond acceptors (Lipinski definition) is 8. The second-order valence-electron chi connectivity index (χ2n) is 15.4. The Morgan fingerprint density at radius 1 is 0.547 bits per heavy atom. The zero-order valence-electron chi connectivity index (χ0n) is 35.1. The molecule has 6 aromatic carbocycles. The fourth-order valence-corrected chi connectivity index (χ4v) is 7.77. The van der Waals surface area contributed by atoms with Gasteiger partial charge in [-0.3, -0.25) is 20.4 Å².